The Balaban J connectivity index is 1.49. The van der Waals surface area contributed by atoms with Crippen molar-refractivity contribution in [1.29, 1.82) is 0 Å². The molecule has 0 amide bonds. The molecule has 0 fully saturated rings. The molecule has 0 atom stereocenters. The van der Waals surface area contributed by atoms with Crippen LogP contribution in [0, 0.1) is 6.92 Å². The number of nitrogens with zero attached hydrogens (tertiary/aromatic N) is 4. The van der Waals surface area contributed by atoms with E-state index in [4.69, 9.17) is 0 Å². The summed E-state index contributed by atoms with van der Waals surface area (Å²) in [6.07, 6.45) is 3.85. The van der Waals surface area contributed by atoms with E-state index in [-0.39, 0.29) is 5.41 Å². The highest BCUT2D eigenvalue weighted by atomic mass is 15.4. The van der Waals surface area contributed by atoms with Crippen LogP contribution >= 0.6 is 0 Å². The lowest BCUT2D eigenvalue weighted by atomic mass is 9.87. The molecule has 2 heterocycles. The number of aromatic nitrogens is 4. The summed E-state index contributed by atoms with van der Waals surface area (Å²) in [7, 11) is 0. The molecule has 0 spiro atoms. The van der Waals surface area contributed by atoms with E-state index in [9.17, 15) is 0 Å². The SMILES string of the molecule is Cc1cc(-c2ccc(-c3cn(Cc4ccc(C(C)(C)C)cc4)nn3)cc2)ccn1. The van der Waals surface area contributed by atoms with Gasteiger partial charge in [-0.15, -0.1) is 5.10 Å². The topological polar surface area (TPSA) is 43.6 Å². The zero-order chi connectivity index (χ0) is 20.4. The maximum absolute atomic E-state index is 4.36. The second-order valence-corrected chi connectivity index (χ2v) is 8.51. The number of hydrogen-bond acceptors (Lipinski definition) is 3. The predicted octanol–water partition coefficient (Wildman–Crippen LogP) is 5.66. The van der Waals surface area contributed by atoms with Gasteiger partial charge in [-0.25, -0.2) is 4.68 Å². The van der Waals surface area contributed by atoms with Crippen LogP contribution in [0.15, 0.2) is 73.1 Å². The van der Waals surface area contributed by atoms with Gasteiger partial charge in [-0.1, -0.05) is 74.5 Å². The molecule has 0 aliphatic carbocycles. The molecular weight excluding hydrogens is 356 g/mol. The minimum absolute atomic E-state index is 0.167. The molecule has 0 unspecified atom stereocenters. The van der Waals surface area contributed by atoms with Crippen LogP contribution < -0.4 is 0 Å². The smallest absolute Gasteiger partial charge is 0.113 e. The summed E-state index contributed by atoms with van der Waals surface area (Å²) in [6, 6.07) is 21.3. The molecule has 4 aromatic rings. The Morgan fingerprint density at radius 3 is 2.17 bits per heavy atom. The van der Waals surface area contributed by atoms with Gasteiger partial charge in [0.05, 0.1) is 12.7 Å². The molecule has 0 aliphatic heterocycles. The molecule has 2 aromatic heterocycles. The maximum atomic E-state index is 4.36. The van der Waals surface area contributed by atoms with Crippen molar-refractivity contribution in [3.8, 4) is 22.4 Å². The lowest BCUT2D eigenvalue weighted by Crippen LogP contribution is -2.11. The number of rotatable bonds is 4. The number of pyridine rings is 1. The second-order valence-electron chi connectivity index (χ2n) is 8.51. The molecule has 146 valence electrons. The molecule has 0 aliphatic rings. The Morgan fingerprint density at radius 1 is 0.828 bits per heavy atom. The summed E-state index contributed by atoms with van der Waals surface area (Å²) >= 11 is 0. The van der Waals surface area contributed by atoms with Gasteiger partial charge in [-0.3, -0.25) is 4.98 Å². The quantitative estimate of drug-likeness (QED) is 0.457. The van der Waals surface area contributed by atoms with Gasteiger partial charge < -0.3 is 0 Å². The van der Waals surface area contributed by atoms with Gasteiger partial charge in [0, 0.05) is 17.5 Å². The van der Waals surface area contributed by atoms with Crippen LogP contribution in [-0.4, -0.2) is 20.0 Å². The fourth-order valence-corrected chi connectivity index (χ4v) is 3.36. The normalized spacial score (nSPS) is 11.6. The lowest BCUT2D eigenvalue weighted by molar-refractivity contribution is 0.589. The Hall–Kier alpha value is -3.27. The van der Waals surface area contributed by atoms with Crippen LogP contribution in [0.2, 0.25) is 0 Å². The summed E-state index contributed by atoms with van der Waals surface area (Å²) in [4.78, 5) is 4.26. The molecule has 0 bridgehead atoms. The van der Waals surface area contributed by atoms with Crippen LogP contribution in [0.3, 0.4) is 0 Å². The van der Waals surface area contributed by atoms with Gasteiger partial charge in [0.2, 0.25) is 0 Å². The average molecular weight is 383 g/mol. The first-order valence-electron chi connectivity index (χ1n) is 9.91. The summed E-state index contributed by atoms with van der Waals surface area (Å²) < 4.78 is 1.89. The Morgan fingerprint density at radius 2 is 1.52 bits per heavy atom. The summed E-state index contributed by atoms with van der Waals surface area (Å²) in [5.74, 6) is 0. The maximum Gasteiger partial charge on any atom is 0.113 e. The van der Waals surface area contributed by atoms with Crippen molar-refractivity contribution in [3.63, 3.8) is 0 Å². The van der Waals surface area contributed by atoms with E-state index in [1.165, 1.54) is 22.3 Å². The summed E-state index contributed by atoms with van der Waals surface area (Å²) in [6.45, 7) is 9.41. The van der Waals surface area contributed by atoms with Gasteiger partial charge in [0.25, 0.3) is 0 Å². The predicted molar refractivity (Wildman–Crippen MR) is 118 cm³/mol. The van der Waals surface area contributed by atoms with E-state index in [2.05, 4.69) is 90.7 Å². The molecule has 0 N–H and O–H groups in total. The highest BCUT2D eigenvalue weighted by Crippen LogP contribution is 2.25. The van der Waals surface area contributed by atoms with Gasteiger partial charge in [0.1, 0.15) is 5.69 Å². The van der Waals surface area contributed by atoms with Gasteiger partial charge >= 0.3 is 0 Å². The van der Waals surface area contributed by atoms with E-state index in [1.807, 2.05) is 30.1 Å². The van der Waals surface area contributed by atoms with Crippen LogP contribution in [0.5, 0.6) is 0 Å². The third-order valence-corrected chi connectivity index (χ3v) is 5.11. The Bertz CT molecular complexity index is 1100. The van der Waals surface area contributed by atoms with E-state index >= 15 is 0 Å². The van der Waals surface area contributed by atoms with Gasteiger partial charge in [-0.2, -0.15) is 0 Å². The van der Waals surface area contributed by atoms with Gasteiger partial charge in [0.15, 0.2) is 0 Å². The fraction of sp³-hybridized carbons (Fsp3) is 0.240. The third kappa shape index (κ3) is 4.43. The monoisotopic (exact) mass is 382 g/mol. The minimum Gasteiger partial charge on any atom is -0.262 e. The molecule has 0 radical (unpaired) electrons. The number of aryl methyl sites for hydroxylation is 1. The van der Waals surface area contributed by atoms with Crippen LogP contribution in [0.25, 0.3) is 22.4 Å². The van der Waals surface area contributed by atoms with E-state index in [1.54, 1.807) is 0 Å². The van der Waals surface area contributed by atoms with Gasteiger partial charge in [-0.05, 0) is 46.7 Å². The summed E-state index contributed by atoms with van der Waals surface area (Å²) in [5.41, 5.74) is 8.03. The van der Waals surface area contributed by atoms with E-state index < -0.39 is 0 Å². The van der Waals surface area contributed by atoms with Crippen LogP contribution in [0.1, 0.15) is 37.6 Å². The van der Waals surface area contributed by atoms with Crippen LogP contribution in [0.4, 0.5) is 0 Å². The zero-order valence-electron chi connectivity index (χ0n) is 17.4. The van der Waals surface area contributed by atoms with Crippen molar-refractivity contribution in [3.05, 3.63) is 89.9 Å². The van der Waals surface area contributed by atoms with Crippen molar-refractivity contribution < 1.29 is 0 Å². The van der Waals surface area contributed by atoms with Crippen LogP contribution in [-0.2, 0) is 12.0 Å². The second kappa shape index (κ2) is 7.63. The molecule has 0 saturated heterocycles. The third-order valence-electron chi connectivity index (χ3n) is 5.11. The first-order valence-corrected chi connectivity index (χ1v) is 9.91. The highest BCUT2D eigenvalue weighted by molar-refractivity contribution is 5.68. The molecular formula is C25H26N4. The molecule has 0 saturated carbocycles. The van der Waals surface area contributed by atoms with Crippen molar-refractivity contribution in [2.24, 2.45) is 0 Å². The summed E-state index contributed by atoms with van der Waals surface area (Å²) in [5, 5.41) is 8.67. The largest absolute Gasteiger partial charge is 0.262 e. The highest BCUT2D eigenvalue weighted by Gasteiger charge is 2.13. The van der Waals surface area contributed by atoms with Crippen molar-refractivity contribution in [2.45, 2.75) is 39.7 Å². The minimum atomic E-state index is 0.167. The number of benzene rings is 2. The zero-order valence-corrected chi connectivity index (χ0v) is 17.4. The molecule has 29 heavy (non-hydrogen) atoms. The Labute approximate surface area is 172 Å². The standard InChI is InChI=1S/C25H26N4/c1-18-15-22(13-14-26-18)20-7-9-21(10-8-20)24-17-29(28-27-24)16-19-5-11-23(12-6-19)25(2,3)4/h5-15,17H,16H2,1-4H3. The average Bonchev–Trinajstić information content (AvgIpc) is 3.16. The van der Waals surface area contributed by atoms with E-state index in [0.717, 1.165) is 17.0 Å². The molecule has 4 heteroatoms. The van der Waals surface area contributed by atoms with E-state index in [0.29, 0.717) is 6.54 Å². The first kappa shape index (κ1) is 19.1. The number of hydrogen-bond donors (Lipinski definition) is 0. The molecule has 4 nitrogen and oxygen atoms in total. The molecule has 4 rings (SSSR count). The van der Waals surface area contributed by atoms with Crippen molar-refractivity contribution in [1.82, 2.24) is 20.0 Å². The Kier molecular flexibility index (Phi) is 5.01. The lowest BCUT2D eigenvalue weighted by Gasteiger charge is -2.19. The fourth-order valence-electron chi connectivity index (χ4n) is 3.36. The molecule has 2 aromatic carbocycles. The van der Waals surface area contributed by atoms with Crippen molar-refractivity contribution in [2.75, 3.05) is 0 Å². The first-order chi connectivity index (χ1) is 13.9. The van der Waals surface area contributed by atoms with Crippen molar-refractivity contribution >= 4 is 0 Å².